The van der Waals surface area contributed by atoms with Gasteiger partial charge >= 0.3 is 0 Å². The minimum absolute atomic E-state index is 0.219. The fraction of sp³-hybridized carbons (Fsp3) is 0.172. The SMILES string of the molecule is C=CCc1cc(/C=C2/SC(=Nc3ccc(OCC)cc3)NC2=O)cc(OC)c1OCc1ccc(Cl)c(Cl)c1. The number of carbonyl (C=O) groups is 1. The average molecular weight is 570 g/mol. The molecule has 0 spiro atoms. The van der Waals surface area contributed by atoms with Crippen molar-refractivity contribution in [3.63, 3.8) is 0 Å². The van der Waals surface area contributed by atoms with E-state index in [4.69, 9.17) is 37.4 Å². The average Bonchev–Trinajstić information content (AvgIpc) is 3.24. The van der Waals surface area contributed by atoms with Crippen LogP contribution in [0, 0.1) is 0 Å². The van der Waals surface area contributed by atoms with Crippen LogP contribution in [0.3, 0.4) is 0 Å². The number of ether oxygens (including phenoxy) is 3. The highest BCUT2D eigenvalue weighted by molar-refractivity contribution is 8.18. The molecule has 6 nitrogen and oxygen atoms in total. The van der Waals surface area contributed by atoms with Gasteiger partial charge in [0.05, 0.1) is 34.4 Å². The molecule has 0 aromatic heterocycles. The molecule has 1 heterocycles. The van der Waals surface area contributed by atoms with Crippen LogP contribution in [0.5, 0.6) is 17.2 Å². The molecule has 0 aliphatic carbocycles. The second-order valence-corrected chi connectivity index (χ2v) is 10.00. The summed E-state index contributed by atoms with van der Waals surface area (Å²) in [5.41, 5.74) is 3.25. The van der Waals surface area contributed by atoms with Gasteiger partial charge in [0.25, 0.3) is 5.91 Å². The number of hydrogen-bond donors (Lipinski definition) is 1. The van der Waals surface area contributed by atoms with Gasteiger partial charge in [0.2, 0.25) is 0 Å². The number of methoxy groups -OCH3 is 1. The van der Waals surface area contributed by atoms with Crippen LogP contribution >= 0.6 is 35.0 Å². The smallest absolute Gasteiger partial charge is 0.264 e. The number of nitrogens with zero attached hydrogens (tertiary/aromatic N) is 1. The lowest BCUT2D eigenvalue weighted by molar-refractivity contribution is -0.115. The third-order valence-corrected chi connectivity index (χ3v) is 7.08. The summed E-state index contributed by atoms with van der Waals surface area (Å²) in [6, 6.07) is 16.5. The molecule has 38 heavy (non-hydrogen) atoms. The lowest BCUT2D eigenvalue weighted by Crippen LogP contribution is -2.19. The predicted molar refractivity (Wildman–Crippen MR) is 156 cm³/mol. The summed E-state index contributed by atoms with van der Waals surface area (Å²) in [6.45, 7) is 6.67. The minimum Gasteiger partial charge on any atom is -0.494 e. The Morgan fingerprint density at radius 1 is 1.05 bits per heavy atom. The molecule has 0 bridgehead atoms. The summed E-state index contributed by atoms with van der Waals surface area (Å²) in [4.78, 5) is 17.7. The largest absolute Gasteiger partial charge is 0.494 e. The summed E-state index contributed by atoms with van der Waals surface area (Å²) >= 11 is 13.4. The maximum Gasteiger partial charge on any atom is 0.264 e. The molecule has 1 aliphatic heterocycles. The molecule has 0 unspecified atom stereocenters. The lowest BCUT2D eigenvalue weighted by Gasteiger charge is -2.16. The van der Waals surface area contributed by atoms with E-state index in [0.717, 1.165) is 28.1 Å². The second kappa shape index (κ2) is 12.9. The summed E-state index contributed by atoms with van der Waals surface area (Å²) in [6.07, 6.45) is 4.14. The van der Waals surface area contributed by atoms with Crippen molar-refractivity contribution in [2.24, 2.45) is 4.99 Å². The van der Waals surface area contributed by atoms with E-state index in [9.17, 15) is 4.79 Å². The first-order valence-corrected chi connectivity index (χ1v) is 13.4. The Bertz CT molecular complexity index is 1400. The molecule has 3 aromatic rings. The van der Waals surface area contributed by atoms with Gasteiger partial charge in [-0.05, 0) is 90.8 Å². The molecule has 0 saturated carbocycles. The third kappa shape index (κ3) is 6.92. The van der Waals surface area contributed by atoms with Crippen LogP contribution in [-0.2, 0) is 17.8 Å². The Hall–Kier alpha value is -3.39. The molecule has 3 aromatic carbocycles. The van der Waals surface area contributed by atoms with Gasteiger partial charge in [-0.25, -0.2) is 4.99 Å². The van der Waals surface area contributed by atoms with Crippen molar-refractivity contribution in [3.05, 3.63) is 98.9 Å². The fourth-order valence-corrected chi connectivity index (χ4v) is 4.87. The Labute approximate surface area is 236 Å². The van der Waals surface area contributed by atoms with Crippen LogP contribution < -0.4 is 19.5 Å². The van der Waals surface area contributed by atoms with Gasteiger partial charge < -0.3 is 19.5 Å². The van der Waals surface area contributed by atoms with Gasteiger partial charge in [-0.1, -0.05) is 35.3 Å². The number of amides is 1. The number of amidine groups is 1. The number of aliphatic imine (C=N–C) groups is 1. The third-order valence-electron chi connectivity index (χ3n) is 5.43. The first-order chi connectivity index (χ1) is 18.4. The monoisotopic (exact) mass is 568 g/mol. The van der Waals surface area contributed by atoms with Gasteiger partial charge in [-0.3, -0.25) is 4.79 Å². The van der Waals surface area contributed by atoms with Crippen molar-refractivity contribution in [1.82, 2.24) is 5.32 Å². The number of rotatable bonds is 10. The van der Waals surface area contributed by atoms with Gasteiger partial charge in [0, 0.05) is 5.56 Å². The van der Waals surface area contributed by atoms with Crippen LogP contribution in [0.2, 0.25) is 10.0 Å². The zero-order chi connectivity index (χ0) is 27.1. The molecular formula is C29H26Cl2N2O4S. The van der Waals surface area contributed by atoms with Crippen LogP contribution in [0.15, 0.2) is 77.1 Å². The van der Waals surface area contributed by atoms with E-state index in [2.05, 4.69) is 16.9 Å². The molecule has 1 saturated heterocycles. The number of thioether (sulfide) groups is 1. The van der Waals surface area contributed by atoms with Gasteiger partial charge in [0.1, 0.15) is 12.4 Å². The maximum absolute atomic E-state index is 12.7. The molecular weight excluding hydrogens is 543 g/mol. The molecule has 1 N–H and O–H groups in total. The molecule has 0 radical (unpaired) electrons. The van der Waals surface area contributed by atoms with Crippen molar-refractivity contribution in [3.8, 4) is 17.2 Å². The van der Waals surface area contributed by atoms with E-state index >= 15 is 0 Å². The normalized spacial score (nSPS) is 15.0. The highest BCUT2D eigenvalue weighted by Gasteiger charge is 2.24. The van der Waals surface area contributed by atoms with E-state index in [-0.39, 0.29) is 12.5 Å². The zero-order valence-corrected chi connectivity index (χ0v) is 23.3. The zero-order valence-electron chi connectivity index (χ0n) is 20.9. The quantitative estimate of drug-likeness (QED) is 0.201. The lowest BCUT2D eigenvalue weighted by atomic mass is 10.0. The minimum atomic E-state index is -0.219. The fourth-order valence-electron chi connectivity index (χ4n) is 3.71. The predicted octanol–water partition coefficient (Wildman–Crippen LogP) is 7.60. The van der Waals surface area contributed by atoms with Crippen molar-refractivity contribution in [2.75, 3.05) is 13.7 Å². The molecule has 1 amide bonds. The first-order valence-electron chi connectivity index (χ1n) is 11.8. The van der Waals surface area contributed by atoms with Crippen molar-refractivity contribution >= 4 is 57.8 Å². The van der Waals surface area contributed by atoms with Gasteiger partial charge in [-0.2, -0.15) is 0 Å². The number of hydrogen-bond acceptors (Lipinski definition) is 6. The van der Waals surface area contributed by atoms with Gasteiger partial charge in [-0.15, -0.1) is 6.58 Å². The Morgan fingerprint density at radius 3 is 2.53 bits per heavy atom. The molecule has 196 valence electrons. The summed E-state index contributed by atoms with van der Waals surface area (Å²) < 4.78 is 17.2. The second-order valence-electron chi connectivity index (χ2n) is 8.15. The summed E-state index contributed by atoms with van der Waals surface area (Å²) in [5.74, 6) is 1.70. The number of halogens is 2. The number of benzene rings is 3. The Morgan fingerprint density at radius 2 is 1.84 bits per heavy atom. The molecule has 9 heteroatoms. The van der Waals surface area contributed by atoms with E-state index in [0.29, 0.717) is 44.6 Å². The maximum atomic E-state index is 12.7. The van der Waals surface area contributed by atoms with Crippen molar-refractivity contribution < 1.29 is 19.0 Å². The molecule has 1 fully saturated rings. The van der Waals surface area contributed by atoms with Crippen molar-refractivity contribution in [1.29, 1.82) is 0 Å². The van der Waals surface area contributed by atoms with E-state index in [1.54, 1.807) is 31.4 Å². The van der Waals surface area contributed by atoms with Crippen LogP contribution in [0.25, 0.3) is 6.08 Å². The highest BCUT2D eigenvalue weighted by atomic mass is 35.5. The summed E-state index contributed by atoms with van der Waals surface area (Å²) in [5, 5.41) is 4.28. The number of carbonyl (C=O) groups excluding carboxylic acids is 1. The van der Waals surface area contributed by atoms with Crippen LogP contribution in [0.4, 0.5) is 5.69 Å². The molecule has 0 atom stereocenters. The highest BCUT2D eigenvalue weighted by Crippen LogP contribution is 2.37. The Kier molecular flexibility index (Phi) is 9.39. The number of nitrogens with one attached hydrogen (secondary N) is 1. The molecule has 4 rings (SSSR count). The van der Waals surface area contributed by atoms with E-state index in [1.807, 2.05) is 49.4 Å². The van der Waals surface area contributed by atoms with E-state index in [1.165, 1.54) is 11.8 Å². The van der Waals surface area contributed by atoms with Crippen LogP contribution in [0.1, 0.15) is 23.6 Å². The van der Waals surface area contributed by atoms with Gasteiger partial charge in [0.15, 0.2) is 16.7 Å². The standard InChI is InChI=1S/C29H26Cl2N2O4S/c1-4-6-20-13-19(15-25(35-3)27(20)37-17-18-7-12-23(30)24(31)14-18)16-26-28(34)33-29(38-26)32-21-8-10-22(11-9-21)36-5-2/h4,7-16H,1,5-6,17H2,2-3H3,(H,32,33,34)/b26-16+. The summed E-state index contributed by atoms with van der Waals surface area (Å²) in [7, 11) is 1.58. The molecule has 1 aliphatic rings. The topological polar surface area (TPSA) is 69.2 Å². The Balaban J connectivity index is 1.56. The number of allylic oxidation sites excluding steroid dienone is 1. The van der Waals surface area contributed by atoms with Crippen molar-refractivity contribution in [2.45, 2.75) is 20.0 Å². The van der Waals surface area contributed by atoms with E-state index < -0.39 is 0 Å². The van der Waals surface area contributed by atoms with Crippen LogP contribution in [-0.4, -0.2) is 24.8 Å². The first kappa shape index (κ1) is 27.6.